The van der Waals surface area contributed by atoms with E-state index in [0.717, 1.165) is 18.8 Å². The lowest BCUT2D eigenvalue weighted by Crippen LogP contribution is -2.23. The summed E-state index contributed by atoms with van der Waals surface area (Å²) in [6.07, 6.45) is 3.73. The van der Waals surface area contributed by atoms with Gasteiger partial charge in [0.15, 0.2) is 0 Å². The predicted molar refractivity (Wildman–Crippen MR) is 71.8 cm³/mol. The average Bonchev–Trinajstić information content (AvgIpc) is 2.81. The number of rotatable bonds is 4. The topological polar surface area (TPSA) is 21.3 Å². The van der Waals surface area contributed by atoms with Crippen LogP contribution in [0.5, 0.6) is 5.75 Å². The molecule has 1 saturated heterocycles. The van der Waals surface area contributed by atoms with Gasteiger partial charge in [-0.25, -0.2) is 0 Å². The lowest BCUT2D eigenvalue weighted by Gasteiger charge is -2.16. The van der Waals surface area contributed by atoms with E-state index in [1.165, 1.54) is 36.1 Å². The number of hydrogen-bond acceptors (Lipinski definition) is 2. The molecule has 1 aliphatic rings. The fourth-order valence-corrected chi connectivity index (χ4v) is 2.45. The molecule has 0 aromatic heterocycles. The number of hydrogen-bond donors (Lipinski definition) is 1. The number of nitrogens with one attached hydrogen (secondary N) is 1. The molecule has 1 N–H and O–H groups in total. The highest BCUT2D eigenvalue weighted by atomic mass is 16.5. The van der Waals surface area contributed by atoms with Crippen LogP contribution in [-0.2, 0) is 0 Å². The zero-order valence-corrected chi connectivity index (χ0v) is 11.2. The molecule has 94 valence electrons. The lowest BCUT2D eigenvalue weighted by atomic mass is 10.1. The molecule has 2 heteroatoms. The van der Waals surface area contributed by atoms with Crippen LogP contribution in [0.3, 0.4) is 0 Å². The van der Waals surface area contributed by atoms with Gasteiger partial charge in [0.1, 0.15) is 5.75 Å². The summed E-state index contributed by atoms with van der Waals surface area (Å²) in [5.41, 5.74) is 3.83. The SMILES string of the molecule is Cc1ccc(C)c(OCCC2CCCN2)c1C. The van der Waals surface area contributed by atoms with Crippen LogP contribution < -0.4 is 10.1 Å². The molecule has 2 nitrogen and oxygen atoms in total. The number of benzene rings is 1. The molecule has 1 unspecified atom stereocenters. The standard InChI is InChI=1S/C15H23NO/c1-11-6-7-12(2)15(13(11)3)17-10-8-14-5-4-9-16-14/h6-7,14,16H,4-5,8-10H2,1-3H3. The van der Waals surface area contributed by atoms with Crippen molar-refractivity contribution in [2.24, 2.45) is 0 Å². The van der Waals surface area contributed by atoms with Crippen molar-refractivity contribution in [1.82, 2.24) is 5.32 Å². The van der Waals surface area contributed by atoms with Crippen LogP contribution in [0, 0.1) is 20.8 Å². The molecule has 0 amide bonds. The first-order chi connectivity index (χ1) is 8.18. The van der Waals surface area contributed by atoms with E-state index in [4.69, 9.17) is 4.74 Å². The molecule has 2 rings (SSSR count). The molecular weight excluding hydrogens is 210 g/mol. The van der Waals surface area contributed by atoms with Crippen molar-refractivity contribution >= 4 is 0 Å². The highest BCUT2D eigenvalue weighted by molar-refractivity contribution is 5.44. The Morgan fingerprint density at radius 1 is 1.24 bits per heavy atom. The molecule has 1 aromatic rings. The second kappa shape index (κ2) is 5.54. The number of aryl methyl sites for hydroxylation is 2. The zero-order chi connectivity index (χ0) is 12.3. The quantitative estimate of drug-likeness (QED) is 0.862. The Balaban J connectivity index is 1.91. The van der Waals surface area contributed by atoms with Crippen LogP contribution in [0.4, 0.5) is 0 Å². The Morgan fingerprint density at radius 2 is 2.00 bits per heavy atom. The molecule has 1 aliphatic heterocycles. The lowest BCUT2D eigenvalue weighted by molar-refractivity contribution is 0.288. The van der Waals surface area contributed by atoms with E-state index in [1.807, 2.05) is 0 Å². The third kappa shape index (κ3) is 3.01. The average molecular weight is 233 g/mol. The van der Waals surface area contributed by atoms with Gasteiger partial charge in [0.2, 0.25) is 0 Å². The van der Waals surface area contributed by atoms with E-state index < -0.39 is 0 Å². The molecule has 0 bridgehead atoms. The summed E-state index contributed by atoms with van der Waals surface area (Å²) in [7, 11) is 0. The molecule has 0 saturated carbocycles. The third-order valence-corrected chi connectivity index (χ3v) is 3.75. The smallest absolute Gasteiger partial charge is 0.125 e. The van der Waals surface area contributed by atoms with Crippen molar-refractivity contribution in [3.63, 3.8) is 0 Å². The Bertz CT molecular complexity index is 381. The maximum Gasteiger partial charge on any atom is 0.125 e. The van der Waals surface area contributed by atoms with Crippen LogP contribution in [0.15, 0.2) is 12.1 Å². The molecule has 17 heavy (non-hydrogen) atoms. The summed E-state index contributed by atoms with van der Waals surface area (Å²) in [6.45, 7) is 8.40. The minimum atomic E-state index is 0.667. The van der Waals surface area contributed by atoms with E-state index in [2.05, 4.69) is 38.2 Å². The van der Waals surface area contributed by atoms with Crippen LogP contribution in [0.1, 0.15) is 36.0 Å². The van der Waals surface area contributed by atoms with Gasteiger partial charge >= 0.3 is 0 Å². The minimum absolute atomic E-state index is 0.667. The first-order valence-electron chi connectivity index (χ1n) is 6.61. The normalized spacial score (nSPS) is 19.6. The monoisotopic (exact) mass is 233 g/mol. The summed E-state index contributed by atoms with van der Waals surface area (Å²) in [5, 5.41) is 3.50. The van der Waals surface area contributed by atoms with Crippen molar-refractivity contribution in [3.05, 3.63) is 28.8 Å². The van der Waals surface area contributed by atoms with Crippen LogP contribution in [-0.4, -0.2) is 19.2 Å². The fraction of sp³-hybridized carbons (Fsp3) is 0.600. The van der Waals surface area contributed by atoms with Crippen molar-refractivity contribution in [2.75, 3.05) is 13.2 Å². The fourth-order valence-electron chi connectivity index (χ4n) is 2.45. The Kier molecular flexibility index (Phi) is 4.06. The van der Waals surface area contributed by atoms with Gasteiger partial charge in [-0.3, -0.25) is 0 Å². The Morgan fingerprint density at radius 3 is 2.71 bits per heavy atom. The van der Waals surface area contributed by atoms with Gasteiger partial charge < -0.3 is 10.1 Å². The molecular formula is C15H23NO. The number of ether oxygens (including phenoxy) is 1. The van der Waals surface area contributed by atoms with E-state index >= 15 is 0 Å². The summed E-state index contributed by atoms with van der Waals surface area (Å²) in [4.78, 5) is 0. The van der Waals surface area contributed by atoms with Crippen molar-refractivity contribution in [2.45, 2.75) is 46.1 Å². The van der Waals surface area contributed by atoms with Gasteiger partial charge in [-0.05, 0) is 63.3 Å². The molecule has 0 aliphatic carbocycles. The largest absolute Gasteiger partial charge is 0.493 e. The van der Waals surface area contributed by atoms with Gasteiger partial charge in [-0.2, -0.15) is 0 Å². The second-order valence-corrected chi connectivity index (χ2v) is 5.08. The van der Waals surface area contributed by atoms with Crippen molar-refractivity contribution in [3.8, 4) is 5.75 Å². The van der Waals surface area contributed by atoms with E-state index in [1.54, 1.807) is 0 Å². The highest BCUT2D eigenvalue weighted by Crippen LogP contribution is 2.26. The summed E-state index contributed by atoms with van der Waals surface area (Å²) in [6, 6.07) is 4.97. The molecule has 1 atom stereocenters. The van der Waals surface area contributed by atoms with E-state index in [0.29, 0.717) is 6.04 Å². The first kappa shape index (κ1) is 12.4. The minimum Gasteiger partial charge on any atom is -0.493 e. The molecule has 0 radical (unpaired) electrons. The maximum atomic E-state index is 5.97. The Hall–Kier alpha value is -1.02. The van der Waals surface area contributed by atoms with Crippen LogP contribution >= 0.6 is 0 Å². The van der Waals surface area contributed by atoms with Gasteiger partial charge in [-0.1, -0.05) is 12.1 Å². The maximum absolute atomic E-state index is 5.97. The van der Waals surface area contributed by atoms with Gasteiger partial charge in [0, 0.05) is 6.04 Å². The van der Waals surface area contributed by atoms with Crippen molar-refractivity contribution in [1.29, 1.82) is 0 Å². The van der Waals surface area contributed by atoms with E-state index in [9.17, 15) is 0 Å². The molecule has 1 heterocycles. The first-order valence-corrected chi connectivity index (χ1v) is 6.61. The second-order valence-electron chi connectivity index (χ2n) is 5.08. The van der Waals surface area contributed by atoms with E-state index in [-0.39, 0.29) is 0 Å². The third-order valence-electron chi connectivity index (χ3n) is 3.75. The predicted octanol–water partition coefficient (Wildman–Crippen LogP) is 3.13. The van der Waals surface area contributed by atoms with Crippen LogP contribution in [0.2, 0.25) is 0 Å². The van der Waals surface area contributed by atoms with Crippen LogP contribution in [0.25, 0.3) is 0 Å². The molecule has 1 aromatic carbocycles. The highest BCUT2D eigenvalue weighted by Gasteiger charge is 2.14. The summed E-state index contributed by atoms with van der Waals surface area (Å²) < 4.78 is 5.97. The molecule has 0 spiro atoms. The molecule has 1 fully saturated rings. The summed E-state index contributed by atoms with van der Waals surface area (Å²) >= 11 is 0. The zero-order valence-electron chi connectivity index (χ0n) is 11.2. The van der Waals surface area contributed by atoms with Gasteiger partial charge in [-0.15, -0.1) is 0 Å². The van der Waals surface area contributed by atoms with Gasteiger partial charge in [0.25, 0.3) is 0 Å². The van der Waals surface area contributed by atoms with Gasteiger partial charge in [0.05, 0.1) is 6.61 Å². The Labute approximate surface area is 104 Å². The van der Waals surface area contributed by atoms with Crippen molar-refractivity contribution < 1.29 is 4.74 Å². The summed E-state index contributed by atoms with van der Waals surface area (Å²) in [5.74, 6) is 1.09.